The Kier molecular flexibility index (Phi) is 3.60. The molecule has 3 rings (SSSR count). The van der Waals surface area contributed by atoms with Gasteiger partial charge in [-0.3, -0.25) is 0 Å². The molecule has 0 atom stereocenters. The first-order chi connectivity index (χ1) is 9.86. The van der Waals surface area contributed by atoms with E-state index in [0.717, 1.165) is 36.6 Å². The lowest BCUT2D eigenvalue weighted by atomic mass is 10.0. The minimum Gasteiger partial charge on any atom is -0.490 e. The van der Waals surface area contributed by atoms with E-state index >= 15 is 0 Å². The lowest BCUT2D eigenvalue weighted by molar-refractivity contribution is 0.323. The fraction of sp³-hybridized carbons (Fsp3) is 0.222. The zero-order chi connectivity index (χ0) is 13.8. The summed E-state index contributed by atoms with van der Waals surface area (Å²) in [6.07, 6.45) is 0.887. The van der Waals surface area contributed by atoms with E-state index in [1.807, 2.05) is 6.07 Å². The summed E-state index contributed by atoms with van der Waals surface area (Å²) in [4.78, 5) is 0. The van der Waals surface area contributed by atoms with Gasteiger partial charge in [0, 0.05) is 18.5 Å². The monoisotopic (exact) mass is 263 g/mol. The summed E-state index contributed by atoms with van der Waals surface area (Å²) in [6.45, 7) is 3.66. The maximum absolute atomic E-state index is 5.60. The first-order valence-corrected chi connectivity index (χ1v) is 6.97. The summed E-state index contributed by atoms with van der Waals surface area (Å²) < 4.78 is 5.60. The Labute approximate surface area is 119 Å². The summed E-state index contributed by atoms with van der Waals surface area (Å²) in [5.41, 5.74) is 4.53. The normalized spacial score (nSPS) is 12.4. The third-order valence-corrected chi connectivity index (χ3v) is 3.28. The van der Waals surface area contributed by atoms with Crippen LogP contribution in [0.4, 0.5) is 5.69 Å². The molecule has 2 aromatic rings. The Morgan fingerprint density at radius 2 is 1.90 bits per heavy atom. The minimum absolute atomic E-state index is 0.733. The van der Waals surface area contributed by atoms with Crippen LogP contribution in [0.5, 0.6) is 5.75 Å². The second kappa shape index (κ2) is 5.71. The minimum atomic E-state index is 0.733. The number of ether oxygens (including phenoxy) is 1. The maximum atomic E-state index is 5.60. The van der Waals surface area contributed by atoms with Crippen LogP contribution >= 0.6 is 0 Å². The molecule has 2 aromatic carbocycles. The Hall–Kier alpha value is -2.40. The topological polar surface area (TPSA) is 21.3 Å². The summed E-state index contributed by atoms with van der Waals surface area (Å²) in [7, 11) is 0. The van der Waals surface area contributed by atoms with Crippen LogP contribution in [0.25, 0.3) is 11.1 Å². The van der Waals surface area contributed by atoms with Crippen LogP contribution in [0, 0.1) is 11.8 Å². The van der Waals surface area contributed by atoms with Crippen LogP contribution in [0.3, 0.4) is 0 Å². The first kappa shape index (κ1) is 12.6. The van der Waals surface area contributed by atoms with Gasteiger partial charge in [0.25, 0.3) is 0 Å². The molecular formula is C18H17NO. The molecule has 2 heteroatoms. The number of fused-ring (bicyclic) bond motifs is 1. The molecule has 0 bridgehead atoms. The molecule has 0 fully saturated rings. The van der Waals surface area contributed by atoms with E-state index in [1.54, 1.807) is 0 Å². The van der Waals surface area contributed by atoms with Crippen LogP contribution < -0.4 is 10.1 Å². The molecule has 1 N–H and O–H groups in total. The molecule has 0 unspecified atom stereocenters. The van der Waals surface area contributed by atoms with Crippen LogP contribution in [-0.2, 0) is 0 Å². The second-order valence-electron chi connectivity index (χ2n) is 4.72. The Balaban J connectivity index is 1.89. The quantitative estimate of drug-likeness (QED) is 0.787. The zero-order valence-corrected chi connectivity index (χ0v) is 11.6. The summed E-state index contributed by atoms with van der Waals surface area (Å²) >= 11 is 0. The van der Waals surface area contributed by atoms with Crippen molar-refractivity contribution in [3.05, 3.63) is 48.0 Å². The zero-order valence-electron chi connectivity index (χ0n) is 11.6. The third kappa shape index (κ3) is 2.62. The highest BCUT2D eigenvalue weighted by Gasteiger charge is 2.10. The van der Waals surface area contributed by atoms with E-state index in [0.29, 0.717) is 0 Å². The van der Waals surface area contributed by atoms with Crippen molar-refractivity contribution in [3.8, 4) is 28.7 Å². The van der Waals surface area contributed by atoms with E-state index in [9.17, 15) is 0 Å². The van der Waals surface area contributed by atoms with E-state index < -0.39 is 0 Å². The van der Waals surface area contributed by atoms with Crippen molar-refractivity contribution in [1.82, 2.24) is 0 Å². The second-order valence-corrected chi connectivity index (χ2v) is 4.72. The van der Waals surface area contributed by atoms with Gasteiger partial charge in [-0.25, -0.2) is 0 Å². The van der Waals surface area contributed by atoms with E-state index in [-0.39, 0.29) is 0 Å². The molecule has 0 saturated carbocycles. The number of anilines is 1. The van der Waals surface area contributed by atoms with Gasteiger partial charge in [-0.05, 0) is 35.4 Å². The fourth-order valence-electron chi connectivity index (χ4n) is 2.26. The summed E-state index contributed by atoms with van der Waals surface area (Å²) in [6, 6.07) is 14.6. The van der Waals surface area contributed by atoms with Gasteiger partial charge in [0.05, 0.1) is 5.69 Å². The predicted molar refractivity (Wildman–Crippen MR) is 83.0 cm³/mol. The SMILES string of the molecule is CCC#Cc1ccc(-c2ccc3c(c2)NCCO3)cc1. The number of benzene rings is 2. The van der Waals surface area contributed by atoms with Gasteiger partial charge in [-0.15, -0.1) is 0 Å². The molecule has 0 aliphatic carbocycles. The van der Waals surface area contributed by atoms with Gasteiger partial charge in [0.15, 0.2) is 0 Å². The fourth-order valence-corrected chi connectivity index (χ4v) is 2.26. The Morgan fingerprint density at radius 3 is 2.70 bits per heavy atom. The van der Waals surface area contributed by atoms with Crippen molar-refractivity contribution in [2.75, 3.05) is 18.5 Å². The average Bonchev–Trinajstić information content (AvgIpc) is 2.53. The van der Waals surface area contributed by atoms with Crippen molar-refractivity contribution in [3.63, 3.8) is 0 Å². The van der Waals surface area contributed by atoms with Crippen LogP contribution in [-0.4, -0.2) is 13.2 Å². The third-order valence-electron chi connectivity index (χ3n) is 3.28. The molecule has 0 aromatic heterocycles. The molecule has 1 aliphatic heterocycles. The lowest BCUT2D eigenvalue weighted by Crippen LogP contribution is -2.17. The molecule has 20 heavy (non-hydrogen) atoms. The number of hydrogen-bond donors (Lipinski definition) is 1. The first-order valence-electron chi connectivity index (χ1n) is 6.97. The van der Waals surface area contributed by atoms with Gasteiger partial charge in [0.2, 0.25) is 0 Å². The largest absolute Gasteiger partial charge is 0.490 e. The maximum Gasteiger partial charge on any atom is 0.142 e. The van der Waals surface area contributed by atoms with Crippen LogP contribution in [0.2, 0.25) is 0 Å². The van der Waals surface area contributed by atoms with Gasteiger partial charge in [-0.1, -0.05) is 37.0 Å². The molecule has 100 valence electrons. The molecule has 0 radical (unpaired) electrons. The van der Waals surface area contributed by atoms with Crippen LogP contribution in [0.1, 0.15) is 18.9 Å². The van der Waals surface area contributed by atoms with E-state index in [1.165, 1.54) is 11.1 Å². The molecule has 1 heterocycles. The standard InChI is InChI=1S/C18H17NO/c1-2-3-4-14-5-7-15(8-6-14)16-9-10-18-17(13-16)19-11-12-20-18/h5-10,13,19H,2,11-12H2,1H3. The molecule has 1 aliphatic rings. The van der Waals surface area contributed by atoms with Crippen molar-refractivity contribution >= 4 is 5.69 Å². The molecule has 2 nitrogen and oxygen atoms in total. The van der Waals surface area contributed by atoms with Gasteiger partial charge in [0.1, 0.15) is 12.4 Å². The highest BCUT2D eigenvalue weighted by molar-refractivity contribution is 5.72. The Morgan fingerprint density at radius 1 is 1.10 bits per heavy atom. The van der Waals surface area contributed by atoms with Crippen LogP contribution in [0.15, 0.2) is 42.5 Å². The number of hydrogen-bond acceptors (Lipinski definition) is 2. The predicted octanol–water partition coefficient (Wildman–Crippen LogP) is 3.92. The van der Waals surface area contributed by atoms with Crippen molar-refractivity contribution < 1.29 is 4.74 Å². The molecular weight excluding hydrogens is 246 g/mol. The highest BCUT2D eigenvalue weighted by atomic mass is 16.5. The lowest BCUT2D eigenvalue weighted by Gasteiger charge is -2.19. The average molecular weight is 263 g/mol. The van der Waals surface area contributed by atoms with Crippen molar-refractivity contribution in [1.29, 1.82) is 0 Å². The van der Waals surface area contributed by atoms with Crippen molar-refractivity contribution in [2.45, 2.75) is 13.3 Å². The van der Waals surface area contributed by atoms with Gasteiger partial charge in [-0.2, -0.15) is 0 Å². The molecule has 0 saturated heterocycles. The molecule has 0 spiro atoms. The Bertz CT molecular complexity index is 662. The highest BCUT2D eigenvalue weighted by Crippen LogP contribution is 2.32. The number of rotatable bonds is 1. The van der Waals surface area contributed by atoms with Crippen molar-refractivity contribution in [2.24, 2.45) is 0 Å². The van der Waals surface area contributed by atoms with E-state index in [2.05, 4.69) is 60.5 Å². The molecule has 0 amide bonds. The van der Waals surface area contributed by atoms with E-state index in [4.69, 9.17) is 4.74 Å². The summed E-state index contributed by atoms with van der Waals surface area (Å²) in [5, 5.41) is 3.36. The number of nitrogens with one attached hydrogen (secondary N) is 1. The summed E-state index contributed by atoms with van der Waals surface area (Å²) in [5.74, 6) is 7.16. The van der Waals surface area contributed by atoms with Gasteiger partial charge < -0.3 is 10.1 Å². The van der Waals surface area contributed by atoms with Gasteiger partial charge >= 0.3 is 0 Å². The smallest absolute Gasteiger partial charge is 0.142 e.